The number of guanidine groups is 1. The normalized spacial score (nSPS) is 18.4. The summed E-state index contributed by atoms with van der Waals surface area (Å²) in [7, 11) is -1.27. The second kappa shape index (κ2) is 10.7. The van der Waals surface area contributed by atoms with E-state index in [9.17, 15) is 8.42 Å². The molecular weight excluding hydrogens is 471 g/mol. The van der Waals surface area contributed by atoms with E-state index < -0.39 is 10.0 Å². The molecule has 1 atom stereocenters. The summed E-state index contributed by atoms with van der Waals surface area (Å²) < 4.78 is 24.6. The molecule has 1 aromatic rings. The second-order valence-corrected chi connectivity index (χ2v) is 9.16. The molecule has 0 radical (unpaired) electrons. The van der Waals surface area contributed by atoms with Crippen LogP contribution in [-0.2, 0) is 10.0 Å². The van der Waals surface area contributed by atoms with E-state index in [0.717, 1.165) is 31.9 Å². The van der Waals surface area contributed by atoms with Crippen molar-refractivity contribution in [1.82, 2.24) is 14.9 Å². The molecule has 6 nitrogen and oxygen atoms in total. The maximum absolute atomic E-state index is 11.5. The van der Waals surface area contributed by atoms with Crippen LogP contribution in [0.15, 0.2) is 21.8 Å². The van der Waals surface area contributed by atoms with Crippen molar-refractivity contribution in [3.05, 3.63) is 22.4 Å². The number of piperidine rings is 1. The molecule has 0 bridgehead atoms. The lowest BCUT2D eigenvalue weighted by atomic mass is 9.98. The van der Waals surface area contributed by atoms with Crippen LogP contribution in [0.25, 0.3) is 0 Å². The van der Waals surface area contributed by atoms with Crippen molar-refractivity contribution < 1.29 is 8.42 Å². The number of sulfonamides is 1. The van der Waals surface area contributed by atoms with Crippen LogP contribution in [0.5, 0.6) is 0 Å². The van der Waals surface area contributed by atoms with E-state index in [1.807, 2.05) is 0 Å². The zero-order chi connectivity index (χ0) is 17.6. The van der Waals surface area contributed by atoms with Gasteiger partial charge in [0.15, 0.2) is 5.96 Å². The Morgan fingerprint density at radius 3 is 2.60 bits per heavy atom. The number of nitrogens with one attached hydrogen (secondary N) is 2. The number of aliphatic imine (C=N–C) groups is 1. The molecule has 1 aliphatic heterocycles. The molecule has 2 rings (SSSR count). The lowest BCUT2D eigenvalue weighted by Gasteiger charge is -2.30. The number of nitrogens with zero attached hydrogens (tertiary/aromatic N) is 2. The Labute approximate surface area is 172 Å². The lowest BCUT2D eigenvalue weighted by Crippen LogP contribution is -2.44. The van der Waals surface area contributed by atoms with E-state index in [1.165, 1.54) is 11.8 Å². The number of thiophene rings is 1. The second-order valence-electron chi connectivity index (χ2n) is 6.40. The van der Waals surface area contributed by atoms with Gasteiger partial charge in [-0.05, 0) is 47.1 Å². The molecule has 0 saturated carbocycles. The summed E-state index contributed by atoms with van der Waals surface area (Å²) in [5.74, 6) is 1.73. The van der Waals surface area contributed by atoms with E-state index in [4.69, 9.17) is 0 Å². The van der Waals surface area contributed by atoms with Crippen molar-refractivity contribution in [2.75, 3.05) is 39.5 Å². The Hall–Kier alpha value is -0.390. The van der Waals surface area contributed by atoms with Crippen molar-refractivity contribution in [2.24, 2.45) is 10.9 Å². The quantitative estimate of drug-likeness (QED) is 0.357. The lowest BCUT2D eigenvalue weighted by molar-refractivity contribution is 0.275. The molecule has 1 fully saturated rings. The first kappa shape index (κ1) is 22.7. The van der Waals surface area contributed by atoms with Gasteiger partial charge in [-0.3, -0.25) is 4.99 Å². The van der Waals surface area contributed by atoms with Crippen LogP contribution < -0.4 is 10.6 Å². The molecule has 2 N–H and O–H groups in total. The van der Waals surface area contributed by atoms with Crippen LogP contribution in [0.1, 0.15) is 31.2 Å². The van der Waals surface area contributed by atoms with Crippen molar-refractivity contribution >= 4 is 51.3 Å². The van der Waals surface area contributed by atoms with Gasteiger partial charge in [-0.25, -0.2) is 12.7 Å². The Kier molecular flexibility index (Phi) is 9.68. The summed E-state index contributed by atoms with van der Waals surface area (Å²) in [4.78, 5) is 4.27. The largest absolute Gasteiger partial charge is 0.356 e. The van der Waals surface area contributed by atoms with Gasteiger partial charge in [0.05, 0.1) is 6.26 Å². The molecule has 2 heterocycles. The van der Waals surface area contributed by atoms with Gasteiger partial charge in [-0.1, -0.05) is 6.92 Å². The van der Waals surface area contributed by atoms with Gasteiger partial charge in [0.2, 0.25) is 10.0 Å². The zero-order valence-electron chi connectivity index (χ0n) is 15.1. The molecule has 25 heavy (non-hydrogen) atoms. The van der Waals surface area contributed by atoms with E-state index in [2.05, 4.69) is 39.4 Å². The molecule has 0 aromatic carbocycles. The fourth-order valence-corrected chi connectivity index (χ4v) is 4.49. The fraction of sp³-hybridized carbons (Fsp3) is 0.688. The summed E-state index contributed by atoms with van der Waals surface area (Å²) in [5, 5.41) is 11.0. The summed E-state index contributed by atoms with van der Waals surface area (Å²) in [6.45, 7) is 5.09. The first-order valence-corrected chi connectivity index (χ1v) is 11.1. The van der Waals surface area contributed by atoms with Gasteiger partial charge in [0, 0.05) is 33.2 Å². The van der Waals surface area contributed by atoms with Gasteiger partial charge in [-0.2, -0.15) is 11.3 Å². The molecular formula is C16H29IN4O2S2. The van der Waals surface area contributed by atoms with Gasteiger partial charge in [0.25, 0.3) is 0 Å². The molecule has 0 aliphatic carbocycles. The average Bonchev–Trinajstić information content (AvgIpc) is 3.09. The Morgan fingerprint density at radius 2 is 2.08 bits per heavy atom. The maximum atomic E-state index is 11.5. The van der Waals surface area contributed by atoms with E-state index in [-0.39, 0.29) is 24.0 Å². The van der Waals surface area contributed by atoms with E-state index >= 15 is 0 Å². The van der Waals surface area contributed by atoms with Crippen molar-refractivity contribution in [3.63, 3.8) is 0 Å². The highest BCUT2D eigenvalue weighted by molar-refractivity contribution is 14.0. The standard InChI is InChI=1S/C16H28N4O2S2.HI/c1-13(15-6-9-23-12-15)10-18-16(17-2)19-11-14-4-7-20(8-5-14)24(3,21)22;/h6,9,12-14H,4-5,7-8,10-11H2,1-3H3,(H2,17,18,19);1H. The summed E-state index contributed by atoms with van der Waals surface area (Å²) >= 11 is 1.72. The minimum Gasteiger partial charge on any atom is -0.356 e. The summed E-state index contributed by atoms with van der Waals surface area (Å²) in [6, 6.07) is 2.16. The number of rotatable bonds is 6. The molecule has 0 spiro atoms. The molecule has 144 valence electrons. The minimum atomic E-state index is -3.05. The first-order chi connectivity index (χ1) is 11.4. The predicted octanol–water partition coefficient (Wildman–Crippen LogP) is 2.31. The third kappa shape index (κ3) is 7.40. The highest BCUT2D eigenvalue weighted by Crippen LogP contribution is 2.19. The van der Waals surface area contributed by atoms with Crippen LogP contribution in [-0.4, -0.2) is 58.2 Å². The third-order valence-electron chi connectivity index (χ3n) is 4.51. The minimum absolute atomic E-state index is 0. The first-order valence-electron chi connectivity index (χ1n) is 8.32. The SMILES string of the molecule is CN=C(NCC1CCN(S(C)(=O)=O)CC1)NCC(C)c1ccsc1.I. The topological polar surface area (TPSA) is 73.8 Å². The number of hydrogen-bond donors (Lipinski definition) is 2. The molecule has 9 heteroatoms. The zero-order valence-corrected chi connectivity index (χ0v) is 19.0. The van der Waals surface area contributed by atoms with Gasteiger partial charge >= 0.3 is 0 Å². The van der Waals surface area contributed by atoms with Crippen LogP contribution in [0.2, 0.25) is 0 Å². The Bertz CT molecular complexity index is 627. The van der Waals surface area contributed by atoms with E-state index in [1.54, 1.807) is 22.7 Å². The molecule has 0 amide bonds. The fourth-order valence-electron chi connectivity index (χ4n) is 2.83. The third-order valence-corrected chi connectivity index (χ3v) is 6.52. The smallest absolute Gasteiger partial charge is 0.211 e. The highest BCUT2D eigenvalue weighted by Gasteiger charge is 2.24. The van der Waals surface area contributed by atoms with Gasteiger partial charge < -0.3 is 10.6 Å². The van der Waals surface area contributed by atoms with Crippen LogP contribution in [0.3, 0.4) is 0 Å². The van der Waals surface area contributed by atoms with Crippen LogP contribution >= 0.6 is 35.3 Å². The summed E-state index contributed by atoms with van der Waals surface area (Å²) in [5.41, 5.74) is 1.34. The predicted molar refractivity (Wildman–Crippen MR) is 117 cm³/mol. The van der Waals surface area contributed by atoms with Gasteiger partial charge in [0.1, 0.15) is 0 Å². The molecule has 1 saturated heterocycles. The number of halogens is 1. The Morgan fingerprint density at radius 1 is 1.40 bits per heavy atom. The van der Waals surface area contributed by atoms with Crippen LogP contribution in [0, 0.1) is 5.92 Å². The maximum Gasteiger partial charge on any atom is 0.211 e. The van der Waals surface area contributed by atoms with Crippen molar-refractivity contribution in [3.8, 4) is 0 Å². The number of hydrogen-bond acceptors (Lipinski definition) is 4. The molecule has 1 aliphatic rings. The van der Waals surface area contributed by atoms with Crippen molar-refractivity contribution in [1.29, 1.82) is 0 Å². The average molecular weight is 500 g/mol. The highest BCUT2D eigenvalue weighted by atomic mass is 127. The molecule has 1 unspecified atom stereocenters. The van der Waals surface area contributed by atoms with Gasteiger partial charge in [-0.15, -0.1) is 24.0 Å². The van der Waals surface area contributed by atoms with E-state index in [0.29, 0.717) is 24.9 Å². The Balaban J connectivity index is 0.00000312. The van der Waals surface area contributed by atoms with Crippen molar-refractivity contribution in [2.45, 2.75) is 25.7 Å². The molecule has 1 aromatic heterocycles. The monoisotopic (exact) mass is 500 g/mol. The summed E-state index contributed by atoms with van der Waals surface area (Å²) in [6.07, 6.45) is 3.07. The van der Waals surface area contributed by atoms with Crippen LogP contribution in [0.4, 0.5) is 0 Å².